The van der Waals surface area contributed by atoms with E-state index in [1.807, 2.05) is 0 Å². The van der Waals surface area contributed by atoms with Gasteiger partial charge in [0.1, 0.15) is 0 Å². The number of ether oxygens (including phenoxy) is 2. The van der Waals surface area contributed by atoms with E-state index >= 15 is 0 Å². The maximum Gasteiger partial charge on any atom is 0.307 e. The maximum atomic E-state index is 12.6. The summed E-state index contributed by atoms with van der Waals surface area (Å²) in [5.41, 5.74) is 0.285. The van der Waals surface area contributed by atoms with E-state index in [1.165, 1.54) is 26.4 Å². The highest BCUT2D eigenvalue weighted by atomic mass is 35.5. The first kappa shape index (κ1) is 15.6. The van der Waals surface area contributed by atoms with Crippen molar-refractivity contribution < 1.29 is 24.2 Å². The van der Waals surface area contributed by atoms with Gasteiger partial charge in [0.15, 0.2) is 17.3 Å². The molecule has 0 spiro atoms. The molecule has 114 valence electrons. The molecule has 1 aromatic rings. The van der Waals surface area contributed by atoms with Crippen LogP contribution in [0.5, 0.6) is 11.5 Å². The van der Waals surface area contributed by atoms with E-state index in [0.29, 0.717) is 24.3 Å². The van der Waals surface area contributed by atoms with Crippen LogP contribution < -0.4 is 9.47 Å². The summed E-state index contributed by atoms with van der Waals surface area (Å²) in [4.78, 5) is 23.8. The molecule has 1 aliphatic carbocycles. The molecule has 0 amide bonds. The molecule has 0 heterocycles. The zero-order valence-electron chi connectivity index (χ0n) is 11.9. The summed E-state index contributed by atoms with van der Waals surface area (Å²) in [5.74, 6) is -1.51. The van der Waals surface area contributed by atoms with Crippen molar-refractivity contribution in [1.29, 1.82) is 0 Å². The van der Waals surface area contributed by atoms with Crippen LogP contribution >= 0.6 is 11.6 Å². The van der Waals surface area contributed by atoms with Crippen molar-refractivity contribution in [2.24, 2.45) is 11.8 Å². The second-order valence-electron chi connectivity index (χ2n) is 5.03. The molecular formula is C15H17ClO5. The smallest absolute Gasteiger partial charge is 0.307 e. The predicted molar refractivity (Wildman–Crippen MR) is 77.4 cm³/mol. The number of benzene rings is 1. The second kappa shape index (κ2) is 6.35. The summed E-state index contributed by atoms with van der Waals surface area (Å²) < 4.78 is 10.3. The van der Waals surface area contributed by atoms with Crippen LogP contribution in [0.4, 0.5) is 0 Å². The van der Waals surface area contributed by atoms with Crippen molar-refractivity contribution >= 4 is 23.4 Å². The van der Waals surface area contributed by atoms with Crippen LogP contribution in [0.1, 0.15) is 29.6 Å². The highest BCUT2D eigenvalue weighted by Crippen LogP contribution is 2.39. The molecule has 0 saturated heterocycles. The minimum absolute atomic E-state index is 0.244. The van der Waals surface area contributed by atoms with Crippen molar-refractivity contribution in [2.45, 2.75) is 19.3 Å². The number of carbonyl (C=O) groups is 2. The molecule has 1 fully saturated rings. The van der Waals surface area contributed by atoms with E-state index in [9.17, 15) is 14.7 Å². The Kier molecular flexibility index (Phi) is 4.73. The van der Waals surface area contributed by atoms with Gasteiger partial charge < -0.3 is 14.6 Å². The number of carboxylic acid groups (broad SMARTS) is 1. The van der Waals surface area contributed by atoms with Gasteiger partial charge in [-0.25, -0.2) is 0 Å². The number of aliphatic carboxylic acids is 1. The normalized spacial score (nSPS) is 21.1. The van der Waals surface area contributed by atoms with Crippen LogP contribution in [0, 0.1) is 11.8 Å². The van der Waals surface area contributed by atoms with Crippen molar-refractivity contribution in [3.63, 3.8) is 0 Å². The first-order valence-corrected chi connectivity index (χ1v) is 7.06. The number of ketones is 1. The van der Waals surface area contributed by atoms with Crippen LogP contribution in [0.3, 0.4) is 0 Å². The summed E-state index contributed by atoms with van der Waals surface area (Å²) in [6.07, 6.45) is 1.83. The molecule has 5 nitrogen and oxygen atoms in total. The lowest BCUT2D eigenvalue weighted by Gasteiger charge is -2.17. The van der Waals surface area contributed by atoms with Crippen LogP contribution in [-0.2, 0) is 4.79 Å². The van der Waals surface area contributed by atoms with Crippen LogP contribution in [0.25, 0.3) is 0 Å². The average Bonchev–Trinajstić information content (AvgIpc) is 2.95. The van der Waals surface area contributed by atoms with Crippen molar-refractivity contribution in [2.75, 3.05) is 14.2 Å². The lowest BCUT2D eigenvalue weighted by molar-refractivity contribution is -0.142. The molecule has 0 aliphatic heterocycles. The van der Waals surface area contributed by atoms with Crippen molar-refractivity contribution in [3.8, 4) is 11.5 Å². The van der Waals surface area contributed by atoms with E-state index in [4.69, 9.17) is 21.1 Å². The monoisotopic (exact) mass is 312 g/mol. The molecule has 1 aromatic carbocycles. The first-order chi connectivity index (χ1) is 9.99. The number of hydrogen-bond acceptors (Lipinski definition) is 4. The topological polar surface area (TPSA) is 72.8 Å². The first-order valence-electron chi connectivity index (χ1n) is 6.68. The van der Waals surface area contributed by atoms with Crippen LogP contribution in [0.15, 0.2) is 12.1 Å². The van der Waals surface area contributed by atoms with E-state index < -0.39 is 17.8 Å². The highest BCUT2D eigenvalue weighted by Gasteiger charge is 2.38. The zero-order chi connectivity index (χ0) is 15.6. The van der Waals surface area contributed by atoms with Gasteiger partial charge in [0.05, 0.1) is 25.2 Å². The molecule has 1 saturated carbocycles. The maximum absolute atomic E-state index is 12.6. The van der Waals surface area contributed by atoms with Crippen LogP contribution in [-0.4, -0.2) is 31.1 Å². The summed E-state index contributed by atoms with van der Waals surface area (Å²) >= 11 is 6.13. The number of hydrogen-bond donors (Lipinski definition) is 1. The average molecular weight is 313 g/mol. The predicted octanol–water partition coefficient (Wildman–Crippen LogP) is 3.04. The van der Waals surface area contributed by atoms with Gasteiger partial charge in [-0.05, 0) is 18.9 Å². The Balaban J connectivity index is 2.37. The largest absolute Gasteiger partial charge is 0.493 e. The van der Waals surface area contributed by atoms with Gasteiger partial charge in [-0.3, -0.25) is 9.59 Å². The number of methoxy groups -OCH3 is 2. The molecule has 0 bridgehead atoms. The van der Waals surface area contributed by atoms with Crippen LogP contribution in [0.2, 0.25) is 5.02 Å². The Morgan fingerprint density at radius 3 is 2.29 bits per heavy atom. The van der Waals surface area contributed by atoms with Gasteiger partial charge >= 0.3 is 5.97 Å². The number of halogens is 1. The molecule has 21 heavy (non-hydrogen) atoms. The SMILES string of the molecule is COc1cc(Cl)c(C(=O)C2CCCC2C(=O)O)cc1OC. The fourth-order valence-electron chi connectivity index (χ4n) is 2.81. The quantitative estimate of drug-likeness (QED) is 0.846. The number of rotatable bonds is 5. The second-order valence-corrected chi connectivity index (χ2v) is 5.44. The molecule has 1 N–H and O–H groups in total. The lowest BCUT2D eigenvalue weighted by atomic mass is 9.88. The van der Waals surface area contributed by atoms with E-state index in [2.05, 4.69) is 0 Å². The molecule has 2 rings (SSSR count). The third kappa shape index (κ3) is 2.97. The standard InChI is InChI=1S/C15H17ClO5/c1-20-12-6-10(11(16)7-13(12)21-2)14(17)8-4-3-5-9(8)15(18)19/h6-9H,3-5H2,1-2H3,(H,18,19). The van der Waals surface area contributed by atoms with Gasteiger partial charge in [-0.2, -0.15) is 0 Å². The third-order valence-electron chi connectivity index (χ3n) is 3.91. The fourth-order valence-corrected chi connectivity index (χ4v) is 3.06. The van der Waals surface area contributed by atoms with E-state index in [-0.39, 0.29) is 16.4 Å². The zero-order valence-corrected chi connectivity index (χ0v) is 12.6. The summed E-state index contributed by atoms with van der Waals surface area (Å²) in [6, 6.07) is 3.03. The Morgan fingerprint density at radius 2 is 1.71 bits per heavy atom. The molecule has 2 atom stereocenters. The van der Waals surface area contributed by atoms with E-state index in [0.717, 1.165) is 6.42 Å². The molecule has 0 aromatic heterocycles. The minimum Gasteiger partial charge on any atom is -0.493 e. The van der Waals surface area contributed by atoms with Gasteiger partial charge in [0, 0.05) is 17.5 Å². The lowest BCUT2D eigenvalue weighted by Crippen LogP contribution is -2.25. The third-order valence-corrected chi connectivity index (χ3v) is 4.22. The number of carboxylic acids is 1. The molecule has 6 heteroatoms. The minimum atomic E-state index is -0.928. The van der Waals surface area contributed by atoms with Crippen molar-refractivity contribution in [1.82, 2.24) is 0 Å². The molecule has 0 radical (unpaired) electrons. The van der Waals surface area contributed by atoms with Gasteiger partial charge in [-0.1, -0.05) is 18.0 Å². The Hall–Kier alpha value is -1.75. The van der Waals surface area contributed by atoms with Gasteiger partial charge in [0.25, 0.3) is 0 Å². The Morgan fingerprint density at radius 1 is 1.14 bits per heavy atom. The van der Waals surface area contributed by atoms with Crippen molar-refractivity contribution in [3.05, 3.63) is 22.7 Å². The Labute approximate surface area is 127 Å². The Bertz CT molecular complexity index is 569. The van der Waals surface area contributed by atoms with E-state index in [1.54, 1.807) is 0 Å². The summed E-state index contributed by atoms with van der Waals surface area (Å²) in [6.45, 7) is 0. The number of Topliss-reactive ketones (excluding diaryl/α,β-unsaturated/α-hetero) is 1. The highest BCUT2D eigenvalue weighted by molar-refractivity contribution is 6.34. The van der Waals surface area contributed by atoms with Gasteiger partial charge in [-0.15, -0.1) is 0 Å². The summed E-state index contributed by atoms with van der Waals surface area (Å²) in [5, 5.41) is 9.45. The fraction of sp³-hybridized carbons (Fsp3) is 0.467. The number of carbonyl (C=O) groups excluding carboxylic acids is 1. The summed E-state index contributed by atoms with van der Waals surface area (Å²) in [7, 11) is 2.95. The van der Waals surface area contributed by atoms with Gasteiger partial charge in [0.2, 0.25) is 0 Å². The molecule has 2 unspecified atom stereocenters. The molecular weight excluding hydrogens is 296 g/mol. The molecule has 1 aliphatic rings.